The van der Waals surface area contributed by atoms with Gasteiger partial charge in [-0.1, -0.05) is 19.9 Å². The number of hydrogen-bond donors (Lipinski definition) is 0. The minimum absolute atomic E-state index is 0.0435. The highest BCUT2D eigenvalue weighted by atomic mass is 32.2. The molecule has 24 heavy (non-hydrogen) atoms. The first-order valence-electron chi connectivity index (χ1n) is 7.92. The molecule has 0 saturated carbocycles. The van der Waals surface area contributed by atoms with Crippen molar-refractivity contribution in [2.45, 2.75) is 25.2 Å². The van der Waals surface area contributed by atoms with Crippen molar-refractivity contribution in [3.05, 3.63) is 29.8 Å². The highest BCUT2D eigenvalue weighted by molar-refractivity contribution is 7.90. The average molecular weight is 353 g/mol. The monoisotopic (exact) mass is 353 g/mol. The molecule has 2 rings (SSSR count). The number of sulfone groups is 1. The maximum atomic E-state index is 12.2. The van der Waals surface area contributed by atoms with Gasteiger partial charge in [0, 0.05) is 19.3 Å². The Morgan fingerprint density at radius 3 is 2.42 bits per heavy atom. The van der Waals surface area contributed by atoms with Crippen molar-refractivity contribution >= 4 is 21.7 Å². The zero-order valence-corrected chi connectivity index (χ0v) is 15.0. The Morgan fingerprint density at radius 2 is 1.83 bits per heavy atom. The first kappa shape index (κ1) is 18.4. The van der Waals surface area contributed by atoms with E-state index in [1.165, 1.54) is 24.3 Å². The molecule has 0 spiro atoms. The summed E-state index contributed by atoms with van der Waals surface area (Å²) in [5, 5.41) is 0. The second kappa shape index (κ2) is 7.34. The highest BCUT2D eigenvalue weighted by Gasteiger charge is 2.26. The summed E-state index contributed by atoms with van der Waals surface area (Å²) in [4.78, 5) is 26.0. The number of carbonyl (C=O) groups is 2. The van der Waals surface area contributed by atoms with Gasteiger partial charge in [-0.05, 0) is 36.5 Å². The fourth-order valence-corrected chi connectivity index (χ4v) is 3.69. The molecule has 1 aliphatic heterocycles. The topological polar surface area (TPSA) is 80.8 Å². The van der Waals surface area contributed by atoms with E-state index in [-0.39, 0.29) is 23.0 Å². The van der Waals surface area contributed by atoms with E-state index in [0.717, 1.165) is 12.7 Å². The summed E-state index contributed by atoms with van der Waals surface area (Å²) in [5.41, 5.74) is 0.117. The molecule has 1 aromatic rings. The van der Waals surface area contributed by atoms with Gasteiger partial charge in [0.25, 0.3) is 5.91 Å². The molecule has 6 nitrogen and oxygen atoms in total. The molecule has 0 unspecified atom stereocenters. The standard InChI is InChI=1S/C17H23NO5S/c1-12-7-13(2)10-18(9-12)16(19)11-23-17(20)14-5-4-6-15(8-14)24(3,21)22/h4-6,8,12-13H,7,9-11H2,1-3H3/t12-,13-/m1/s1. The van der Waals surface area contributed by atoms with Crippen molar-refractivity contribution in [3.8, 4) is 0 Å². The van der Waals surface area contributed by atoms with Gasteiger partial charge in [-0.2, -0.15) is 0 Å². The Morgan fingerprint density at radius 1 is 1.21 bits per heavy atom. The number of amides is 1. The number of piperidine rings is 1. The van der Waals surface area contributed by atoms with Gasteiger partial charge < -0.3 is 9.64 Å². The third kappa shape index (κ3) is 4.80. The lowest BCUT2D eigenvalue weighted by molar-refractivity contribution is -0.137. The second-order valence-corrected chi connectivity index (χ2v) is 8.64. The lowest BCUT2D eigenvalue weighted by Crippen LogP contribution is -2.44. The van der Waals surface area contributed by atoms with Gasteiger partial charge in [0.15, 0.2) is 16.4 Å². The van der Waals surface area contributed by atoms with Crippen LogP contribution in [0, 0.1) is 11.8 Å². The predicted octanol–water partition coefficient (Wildman–Crippen LogP) is 1.75. The molecule has 0 aromatic heterocycles. The summed E-state index contributed by atoms with van der Waals surface area (Å²) in [6.07, 6.45) is 2.15. The van der Waals surface area contributed by atoms with Crippen LogP contribution in [0.4, 0.5) is 0 Å². The zero-order valence-electron chi connectivity index (χ0n) is 14.2. The molecule has 1 saturated heterocycles. The smallest absolute Gasteiger partial charge is 0.338 e. The van der Waals surface area contributed by atoms with Gasteiger partial charge in [0.2, 0.25) is 0 Å². The van der Waals surface area contributed by atoms with Crippen LogP contribution >= 0.6 is 0 Å². The minimum Gasteiger partial charge on any atom is -0.452 e. The Bertz CT molecular complexity index is 718. The lowest BCUT2D eigenvalue weighted by Gasteiger charge is -2.34. The van der Waals surface area contributed by atoms with Gasteiger partial charge >= 0.3 is 5.97 Å². The summed E-state index contributed by atoms with van der Waals surface area (Å²) in [6.45, 7) is 5.20. The number of carbonyl (C=O) groups excluding carboxylic acids is 2. The van der Waals surface area contributed by atoms with Crippen molar-refractivity contribution in [1.29, 1.82) is 0 Å². The fourth-order valence-electron chi connectivity index (χ4n) is 3.02. The summed E-state index contributed by atoms with van der Waals surface area (Å²) < 4.78 is 28.1. The van der Waals surface area contributed by atoms with Crippen molar-refractivity contribution < 1.29 is 22.7 Å². The maximum Gasteiger partial charge on any atom is 0.338 e. The van der Waals surface area contributed by atoms with Crippen molar-refractivity contribution in [3.63, 3.8) is 0 Å². The van der Waals surface area contributed by atoms with Crippen LogP contribution in [0.5, 0.6) is 0 Å². The van der Waals surface area contributed by atoms with E-state index >= 15 is 0 Å². The van der Waals surface area contributed by atoms with Crippen LogP contribution in [-0.2, 0) is 19.4 Å². The number of esters is 1. The molecule has 0 N–H and O–H groups in total. The number of hydrogen-bond acceptors (Lipinski definition) is 5. The van der Waals surface area contributed by atoms with Crippen LogP contribution in [-0.4, -0.2) is 51.1 Å². The third-order valence-corrected chi connectivity index (χ3v) is 5.16. The Labute approximate surface area is 142 Å². The summed E-state index contributed by atoms with van der Waals surface area (Å²) in [7, 11) is -3.40. The Kier molecular flexibility index (Phi) is 5.64. The Balaban J connectivity index is 1.97. The fraction of sp³-hybridized carbons (Fsp3) is 0.529. The van der Waals surface area contributed by atoms with E-state index in [2.05, 4.69) is 13.8 Å². The number of rotatable bonds is 4. The van der Waals surface area contributed by atoms with Crippen LogP contribution in [0.3, 0.4) is 0 Å². The molecule has 0 radical (unpaired) electrons. The molecule has 132 valence electrons. The molecule has 2 atom stereocenters. The van der Waals surface area contributed by atoms with Gasteiger partial charge in [-0.25, -0.2) is 13.2 Å². The van der Waals surface area contributed by atoms with Gasteiger partial charge in [-0.3, -0.25) is 4.79 Å². The molecule has 1 aliphatic rings. The van der Waals surface area contributed by atoms with E-state index in [1.54, 1.807) is 4.90 Å². The predicted molar refractivity (Wildman–Crippen MR) is 89.4 cm³/mol. The van der Waals surface area contributed by atoms with Crippen LogP contribution in [0.25, 0.3) is 0 Å². The van der Waals surface area contributed by atoms with Gasteiger partial charge in [0.05, 0.1) is 10.5 Å². The molecule has 7 heteroatoms. The first-order chi connectivity index (χ1) is 11.2. The van der Waals surface area contributed by atoms with E-state index in [1.807, 2.05) is 0 Å². The molecule has 1 amide bonds. The van der Waals surface area contributed by atoms with Crippen LogP contribution in [0.15, 0.2) is 29.2 Å². The molecule has 0 bridgehead atoms. The Hall–Kier alpha value is -1.89. The summed E-state index contributed by atoms with van der Waals surface area (Å²) >= 11 is 0. The van der Waals surface area contributed by atoms with Crippen LogP contribution in [0.2, 0.25) is 0 Å². The quantitative estimate of drug-likeness (QED) is 0.771. The van der Waals surface area contributed by atoms with Gasteiger partial charge in [-0.15, -0.1) is 0 Å². The number of nitrogens with zero attached hydrogens (tertiary/aromatic N) is 1. The second-order valence-electron chi connectivity index (χ2n) is 6.62. The highest BCUT2D eigenvalue weighted by Crippen LogP contribution is 2.21. The summed E-state index contributed by atoms with van der Waals surface area (Å²) in [6, 6.07) is 5.61. The van der Waals surface area contributed by atoms with Crippen LogP contribution in [0.1, 0.15) is 30.6 Å². The van der Waals surface area contributed by atoms with Gasteiger partial charge in [0.1, 0.15) is 0 Å². The first-order valence-corrected chi connectivity index (χ1v) is 9.81. The molecule has 0 aliphatic carbocycles. The van der Waals surface area contributed by atoms with Crippen molar-refractivity contribution in [1.82, 2.24) is 4.90 Å². The summed E-state index contributed by atoms with van der Waals surface area (Å²) in [5.74, 6) is -0.0624. The van der Waals surface area contributed by atoms with E-state index in [4.69, 9.17) is 4.74 Å². The third-order valence-electron chi connectivity index (χ3n) is 4.05. The van der Waals surface area contributed by atoms with E-state index in [0.29, 0.717) is 24.9 Å². The molecule has 1 heterocycles. The lowest BCUT2D eigenvalue weighted by atomic mass is 9.92. The van der Waals surface area contributed by atoms with E-state index in [9.17, 15) is 18.0 Å². The zero-order chi connectivity index (χ0) is 17.9. The van der Waals surface area contributed by atoms with E-state index < -0.39 is 15.8 Å². The van der Waals surface area contributed by atoms with Crippen molar-refractivity contribution in [2.75, 3.05) is 26.0 Å². The molecular formula is C17H23NO5S. The maximum absolute atomic E-state index is 12.2. The minimum atomic E-state index is -3.40. The van der Waals surface area contributed by atoms with Crippen LogP contribution < -0.4 is 0 Å². The number of benzene rings is 1. The molecule has 1 aromatic carbocycles. The number of ether oxygens (including phenoxy) is 1. The number of likely N-dealkylation sites (tertiary alicyclic amines) is 1. The molecular weight excluding hydrogens is 330 g/mol. The van der Waals surface area contributed by atoms with Crippen molar-refractivity contribution in [2.24, 2.45) is 11.8 Å². The normalized spacial score (nSPS) is 21.4. The largest absolute Gasteiger partial charge is 0.452 e. The average Bonchev–Trinajstić information content (AvgIpc) is 2.50. The SMILES string of the molecule is C[C@@H]1C[C@@H](C)CN(C(=O)COC(=O)c2cccc(S(C)(=O)=O)c2)C1. The molecule has 1 fully saturated rings.